The van der Waals surface area contributed by atoms with E-state index >= 15 is 0 Å². The van der Waals surface area contributed by atoms with Crippen LogP contribution in [0.1, 0.15) is 36.0 Å². The molecular weight excluding hydrogens is 396 g/mol. The summed E-state index contributed by atoms with van der Waals surface area (Å²) in [4.78, 5) is 49.8. The van der Waals surface area contributed by atoms with Crippen LogP contribution in [-0.4, -0.2) is 67.8 Å². The van der Waals surface area contributed by atoms with Crippen LogP contribution in [0.25, 0.3) is 0 Å². The largest absolute Gasteiger partial charge is 0.469 e. The van der Waals surface area contributed by atoms with Gasteiger partial charge in [0.15, 0.2) is 6.61 Å². The lowest BCUT2D eigenvalue weighted by Gasteiger charge is -2.15. The third kappa shape index (κ3) is 7.77. The molecule has 0 radical (unpaired) electrons. The van der Waals surface area contributed by atoms with Gasteiger partial charge in [-0.3, -0.25) is 14.4 Å². The molecule has 0 aliphatic carbocycles. The zero-order valence-corrected chi connectivity index (χ0v) is 17.3. The smallest absolute Gasteiger partial charge is 0.339 e. The summed E-state index contributed by atoms with van der Waals surface area (Å²) >= 11 is 1.29. The van der Waals surface area contributed by atoms with Crippen molar-refractivity contribution < 1.29 is 28.7 Å². The van der Waals surface area contributed by atoms with Gasteiger partial charge in [0.2, 0.25) is 5.91 Å². The Morgan fingerprint density at radius 1 is 1.14 bits per heavy atom. The number of nitrogens with zero attached hydrogens (tertiary/aromatic N) is 1. The van der Waals surface area contributed by atoms with Crippen molar-refractivity contribution in [1.82, 2.24) is 10.2 Å². The van der Waals surface area contributed by atoms with Gasteiger partial charge < -0.3 is 19.7 Å². The van der Waals surface area contributed by atoms with E-state index in [1.54, 1.807) is 24.3 Å². The van der Waals surface area contributed by atoms with Crippen molar-refractivity contribution in [2.24, 2.45) is 0 Å². The third-order valence-corrected chi connectivity index (χ3v) is 5.42. The Balaban J connectivity index is 1.77. The molecule has 1 aliphatic heterocycles. The van der Waals surface area contributed by atoms with E-state index in [2.05, 4.69) is 10.1 Å². The normalized spacial score (nSPS) is 13.1. The molecule has 1 aromatic rings. The van der Waals surface area contributed by atoms with Gasteiger partial charge in [0, 0.05) is 31.0 Å². The number of likely N-dealkylation sites (tertiary alicyclic amines) is 1. The van der Waals surface area contributed by atoms with Gasteiger partial charge >= 0.3 is 11.9 Å². The van der Waals surface area contributed by atoms with Gasteiger partial charge in [-0.05, 0) is 31.4 Å². The van der Waals surface area contributed by atoms with Gasteiger partial charge in [0.25, 0.3) is 5.91 Å². The van der Waals surface area contributed by atoms with Crippen LogP contribution in [0.5, 0.6) is 0 Å². The fourth-order valence-corrected chi connectivity index (χ4v) is 3.72. The van der Waals surface area contributed by atoms with Crippen molar-refractivity contribution in [2.75, 3.05) is 39.1 Å². The van der Waals surface area contributed by atoms with Crippen molar-refractivity contribution in [3.8, 4) is 0 Å². The fraction of sp³-hybridized carbons (Fsp3) is 0.500. The van der Waals surface area contributed by atoms with E-state index in [1.807, 2.05) is 4.90 Å². The Morgan fingerprint density at radius 2 is 1.86 bits per heavy atom. The van der Waals surface area contributed by atoms with Gasteiger partial charge in [-0.2, -0.15) is 0 Å². The Labute approximate surface area is 174 Å². The Bertz CT molecular complexity index is 733. The van der Waals surface area contributed by atoms with E-state index in [-0.39, 0.29) is 30.6 Å². The predicted molar refractivity (Wildman–Crippen MR) is 108 cm³/mol. The van der Waals surface area contributed by atoms with Crippen molar-refractivity contribution in [3.63, 3.8) is 0 Å². The van der Waals surface area contributed by atoms with Crippen LogP contribution >= 0.6 is 11.8 Å². The zero-order chi connectivity index (χ0) is 21.1. The average molecular weight is 423 g/mol. The molecule has 2 rings (SSSR count). The standard InChI is InChI=1S/C20H26N2O6S/c1-27-19(25)9-6-10-21-17(23)13-28-20(26)15-7-2-3-8-16(15)29-14-18(24)22-11-4-5-12-22/h2-3,7-8H,4-6,9-14H2,1H3,(H,21,23). The number of ether oxygens (including phenoxy) is 2. The van der Waals surface area contributed by atoms with Crippen LogP contribution in [0.3, 0.4) is 0 Å². The summed E-state index contributed by atoms with van der Waals surface area (Å²) in [6.07, 6.45) is 2.71. The van der Waals surface area contributed by atoms with E-state index in [4.69, 9.17) is 4.74 Å². The number of esters is 2. The molecule has 0 aromatic heterocycles. The molecule has 0 saturated carbocycles. The number of rotatable bonds is 10. The number of nitrogens with one attached hydrogen (secondary N) is 1. The first kappa shape index (κ1) is 22.7. The number of hydrogen-bond acceptors (Lipinski definition) is 7. The summed E-state index contributed by atoms with van der Waals surface area (Å²) in [6.45, 7) is 1.45. The number of methoxy groups -OCH3 is 1. The molecule has 1 fully saturated rings. The van der Waals surface area contributed by atoms with Crippen LogP contribution in [0.15, 0.2) is 29.2 Å². The van der Waals surface area contributed by atoms with Crippen LogP contribution in [0.4, 0.5) is 0 Å². The monoisotopic (exact) mass is 422 g/mol. The quantitative estimate of drug-likeness (QED) is 0.347. The minimum Gasteiger partial charge on any atom is -0.469 e. The predicted octanol–water partition coefficient (Wildman–Crippen LogP) is 1.63. The molecule has 1 saturated heterocycles. The molecule has 0 bridgehead atoms. The van der Waals surface area contributed by atoms with Gasteiger partial charge in [-0.25, -0.2) is 4.79 Å². The average Bonchev–Trinajstić information content (AvgIpc) is 3.28. The maximum absolute atomic E-state index is 12.4. The van der Waals surface area contributed by atoms with Crippen molar-refractivity contribution in [2.45, 2.75) is 30.6 Å². The molecule has 0 unspecified atom stereocenters. The molecule has 8 nitrogen and oxygen atoms in total. The number of benzene rings is 1. The lowest BCUT2D eigenvalue weighted by Crippen LogP contribution is -2.30. The highest BCUT2D eigenvalue weighted by atomic mass is 32.2. The molecule has 2 amide bonds. The number of carbonyl (C=O) groups excluding carboxylic acids is 4. The lowest BCUT2D eigenvalue weighted by atomic mass is 10.2. The van der Waals surface area contributed by atoms with E-state index in [9.17, 15) is 19.2 Å². The summed E-state index contributed by atoms with van der Waals surface area (Å²) in [5.41, 5.74) is 0.324. The number of carbonyl (C=O) groups is 4. The summed E-state index contributed by atoms with van der Waals surface area (Å²) in [6, 6.07) is 6.86. The highest BCUT2D eigenvalue weighted by Crippen LogP contribution is 2.24. The van der Waals surface area contributed by atoms with Gasteiger partial charge in [-0.1, -0.05) is 12.1 Å². The zero-order valence-electron chi connectivity index (χ0n) is 16.5. The van der Waals surface area contributed by atoms with Gasteiger partial charge in [0.05, 0.1) is 18.4 Å². The molecule has 9 heteroatoms. The van der Waals surface area contributed by atoms with Gasteiger partial charge in [-0.15, -0.1) is 11.8 Å². The van der Waals surface area contributed by atoms with Crippen molar-refractivity contribution in [1.29, 1.82) is 0 Å². The first-order valence-electron chi connectivity index (χ1n) is 9.51. The Morgan fingerprint density at radius 3 is 2.59 bits per heavy atom. The minimum atomic E-state index is -0.619. The lowest BCUT2D eigenvalue weighted by molar-refractivity contribution is -0.140. The van der Waals surface area contributed by atoms with Gasteiger partial charge in [0.1, 0.15) is 0 Å². The van der Waals surface area contributed by atoms with Crippen LogP contribution in [-0.2, 0) is 23.9 Å². The molecule has 158 valence electrons. The highest BCUT2D eigenvalue weighted by molar-refractivity contribution is 8.00. The Kier molecular flexibility index (Phi) is 9.49. The van der Waals surface area contributed by atoms with Crippen LogP contribution < -0.4 is 5.32 Å². The maximum Gasteiger partial charge on any atom is 0.339 e. The van der Waals surface area contributed by atoms with Crippen molar-refractivity contribution >= 4 is 35.5 Å². The van der Waals surface area contributed by atoms with E-state index in [0.717, 1.165) is 25.9 Å². The number of thioether (sulfide) groups is 1. The van der Waals surface area contributed by atoms with Crippen molar-refractivity contribution in [3.05, 3.63) is 29.8 Å². The van der Waals surface area contributed by atoms with Crippen LogP contribution in [0.2, 0.25) is 0 Å². The molecule has 1 N–H and O–H groups in total. The summed E-state index contributed by atoms with van der Waals surface area (Å²) in [5.74, 6) is -1.10. The second-order valence-electron chi connectivity index (χ2n) is 6.48. The molecule has 0 spiro atoms. The maximum atomic E-state index is 12.4. The van der Waals surface area contributed by atoms with E-state index in [1.165, 1.54) is 18.9 Å². The molecular formula is C20H26N2O6S. The second kappa shape index (κ2) is 12.1. The Hall–Kier alpha value is -2.55. The summed E-state index contributed by atoms with van der Waals surface area (Å²) < 4.78 is 9.60. The van der Waals surface area contributed by atoms with E-state index < -0.39 is 18.5 Å². The number of hydrogen-bond donors (Lipinski definition) is 1. The highest BCUT2D eigenvalue weighted by Gasteiger charge is 2.20. The second-order valence-corrected chi connectivity index (χ2v) is 7.50. The molecule has 1 aliphatic rings. The fourth-order valence-electron chi connectivity index (χ4n) is 2.78. The third-order valence-electron chi connectivity index (χ3n) is 4.36. The SMILES string of the molecule is COC(=O)CCCNC(=O)COC(=O)c1ccccc1SCC(=O)N1CCCC1. The van der Waals surface area contributed by atoms with Crippen LogP contribution in [0, 0.1) is 0 Å². The van der Waals surface area contributed by atoms with E-state index in [0.29, 0.717) is 16.9 Å². The first-order valence-corrected chi connectivity index (χ1v) is 10.5. The molecule has 0 atom stereocenters. The summed E-state index contributed by atoms with van der Waals surface area (Å²) in [5, 5.41) is 2.58. The topological polar surface area (TPSA) is 102 Å². The molecule has 1 heterocycles. The molecule has 1 aromatic carbocycles. The number of amides is 2. The molecule has 29 heavy (non-hydrogen) atoms. The first-order chi connectivity index (χ1) is 14.0. The minimum absolute atomic E-state index is 0.0574. The summed E-state index contributed by atoms with van der Waals surface area (Å²) in [7, 11) is 1.30.